The molecule has 20 heavy (non-hydrogen) atoms. The van der Waals surface area contributed by atoms with Gasteiger partial charge < -0.3 is 9.47 Å². The molecule has 0 aliphatic carbocycles. The van der Waals surface area contributed by atoms with Gasteiger partial charge in [-0.05, 0) is 19.1 Å². The highest BCUT2D eigenvalue weighted by Gasteiger charge is 2.34. The molecular weight excluding hydrogens is 279 g/mol. The van der Waals surface area contributed by atoms with Crippen LogP contribution >= 0.6 is 0 Å². The summed E-state index contributed by atoms with van der Waals surface area (Å²) in [4.78, 5) is 26.4. The Morgan fingerprint density at radius 1 is 1.30 bits per heavy atom. The van der Waals surface area contributed by atoms with Crippen molar-refractivity contribution in [1.29, 1.82) is 0 Å². The van der Waals surface area contributed by atoms with Crippen molar-refractivity contribution >= 4 is 11.8 Å². The Bertz CT molecular complexity index is 514. The van der Waals surface area contributed by atoms with Gasteiger partial charge in [0.15, 0.2) is 0 Å². The van der Waals surface area contributed by atoms with E-state index in [9.17, 15) is 22.8 Å². The number of carbonyl (C=O) groups excluding carboxylic acids is 2. The molecule has 110 valence electrons. The predicted octanol–water partition coefficient (Wildman–Crippen LogP) is 1.99. The van der Waals surface area contributed by atoms with Crippen LogP contribution in [0.3, 0.4) is 0 Å². The first-order valence-electron chi connectivity index (χ1n) is 5.58. The van der Waals surface area contributed by atoms with E-state index in [4.69, 9.17) is 4.74 Å². The SMILES string of the molecule is CCOC(=O)C(=O)c1ccc(C(F)(F)F)nc1COC. The molecule has 0 unspecified atom stereocenters. The van der Waals surface area contributed by atoms with Crippen LogP contribution in [0.15, 0.2) is 12.1 Å². The molecule has 0 atom stereocenters. The number of pyridine rings is 1. The van der Waals surface area contributed by atoms with Crippen LogP contribution in [-0.2, 0) is 27.1 Å². The van der Waals surface area contributed by atoms with E-state index in [2.05, 4.69) is 9.72 Å². The summed E-state index contributed by atoms with van der Waals surface area (Å²) in [6.45, 7) is 1.16. The van der Waals surface area contributed by atoms with Crippen molar-refractivity contribution in [2.45, 2.75) is 19.7 Å². The number of methoxy groups -OCH3 is 1. The van der Waals surface area contributed by atoms with Crippen molar-refractivity contribution in [3.05, 3.63) is 29.1 Å². The highest BCUT2D eigenvalue weighted by molar-refractivity contribution is 6.40. The van der Waals surface area contributed by atoms with Crippen molar-refractivity contribution in [1.82, 2.24) is 4.98 Å². The number of halogens is 3. The largest absolute Gasteiger partial charge is 0.460 e. The molecule has 8 heteroatoms. The fraction of sp³-hybridized carbons (Fsp3) is 0.417. The molecule has 0 fully saturated rings. The first-order valence-corrected chi connectivity index (χ1v) is 5.58. The lowest BCUT2D eigenvalue weighted by Crippen LogP contribution is -2.21. The minimum absolute atomic E-state index is 0.0156. The van der Waals surface area contributed by atoms with Gasteiger partial charge in [0.05, 0.1) is 24.5 Å². The Morgan fingerprint density at radius 2 is 1.95 bits per heavy atom. The van der Waals surface area contributed by atoms with E-state index < -0.39 is 23.6 Å². The maximum Gasteiger partial charge on any atom is 0.433 e. The normalized spacial score (nSPS) is 11.2. The summed E-state index contributed by atoms with van der Waals surface area (Å²) < 4.78 is 46.8. The summed E-state index contributed by atoms with van der Waals surface area (Å²) in [5.41, 5.74) is -1.69. The molecule has 0 spiro atoms. The number of carbonyl (C=O) groups is 2. The Labute approximate surface area is 112 Å². The lowest BCUT2D eigenvalue weighted by atomic mass is 10.1. The van der Waals surface area contributed by atoms with Crippen LogP contribution in [0, 0.1) is 0 Å². The van der Waals surface area contributed by atoms with E-state index in [-0.39, 0.29) is 24.5 Å². The monoisotopic (exact) mass is 291 g/mol. The lowest BCUT2D eigenvalue weighted by molar-refractivity contribution is -0.141. The van der Waals surface area contributed by atoms with Crippen LogP contribution < -0.4 is 0 Å². The van der Waals surface area contributed by atoms with Crippen molar-refractivity contribution in [2.24, 2.45) is 0 Å². The van der Waals surface area contributed by atoms with E-state index in [0.29, 0.717) is 6.07 Å². The molecular formula is C12H12F3NO4. The van der Waals surface area contributed by atoms with E-state index >= 15 is 0 Å². The van der Waals surface area contributed by atoms with Gasteiger partial charge in [0.25, 0.3) is 5.78 Å². The summed E-state index contributed by atoms with van der Waals surface area (Å²) in [5.74, 6) is -2.20. The van der Waals surface area contributed by atoms with Crippen molar-refractivity contribution in [3.63, 3.8) is 0 Å². The van der Waals surface area contributed by atoms with Crippen LogP contribution in [-0.4, -0.2) is 30.5 Å². The number of hydrogen-bond donors (Lipinski definition) is 0. The summed E-state index contributed by atoms with van der Waals surface area (Å²) in [6, 6.07) is 1.52. The Hall–Kier alpha value is -1.96. The van der Waals surface area contributed by atoms with Crippen molar-refractivity contribution < 1.29 is 32.2 Å². The minimum atomic E-state index is -4.64. The maximum absolute atomic E-state index is 12.5. The van der Waals surface area contributed by atoms with Crippen molar-refractivity contribution in [3.8, 4) is 0 Å². The second kappa shape index (κ2) is 6.47. The molecule has 1 rings (SSSR count). The second-order valence-corrected chi connectivity index (χ2v) is 3.67. The Balaban J connectivity index is 3.19. The van der Waals surface area contributed by atoms with E-state index in [1.807, 2.05) is 0 Å². The van der Waals surface area contributed by atoms with Crippen LogP contribution in [0.25, 0.3) is 0 Å². The van der Waals surface area contributed by atoms with Crippen molar-refractivity contribution in [2.75, 3.05) is 13.7 Å². The zero-order chi connectivity index (χ0) is 15.3. The van der Waals surface area contributed by atoms with Crippen LogP contribution in [0.2, 0.25) is 0 Å². The molecule has 0 amide bonds. The Morgan fingerprint density at radius 3 is 2.45 bits per heavy atom. The summed E-state index contributed by atoms with van der Waals surface area (Å²) in [6.07, 6.45) is -4.64. The third-order valence-corrected chi connectivity index (χ3v) is 2.25. The maximum atomic E-state index is 12.5. The quantitative estimate of drug-likeness (QED) is 0.471. The standard InChI is InChI=1S/C12H12F3NO4/c1-3-20-11(18)10(17)7-4-5-9(12(13,14)15)16-8(7)6-19-2/h4-5H,3,6H2,1-2H3. The third-order valence-electron chi connectivity index (χ3n) is 2.25. The summed E-state index contributed by atoms with van der Waals surface area (Å²) in [7, 11) is 1.24. The van der Waals surface area contributed by atoms with E-state index in [0.717, 1.165) is 6.07 Å². The summed E-state index contributed by atoms with van der Waals surface area (Å²) in [5, 5.41) is 0. The van der Waals surface area contributed by atoms with Gasteiger partial charge in [0.2, 0.25) is 0 Å². The van der Waals surface area contributed by atoms with Crippen LogP contribution in [0.1, 0.15) is 28.7 Å². The predicted molar refractivity (Wildman–Crippen MR) is 60.9 cm³/mol. The van der Waals surface area contributed by atoms with Gasteiger partial charge >= 0.3 is 12.1 Å². The number of rotatable bonds is 5. The fourth-order valence-corrected chi connectivity index (χ4v) is 1.42. The molecule has 0 N–H and O–H groups in total. The zero-order valence-corrected chi connectivity index (χ0v) is 10.8. The van der Waals surface area contributed by atoms with E-state index in [1.54, 1.807) is 0 Å². The minimum Gasteiger partial charge on any atom is -0.460 e. The fourth-order valence-electron chi connectivity index (χ4n) is 1.42. The van der Waals surface area contributed by atoms with Gasteiger partial charge in [-0.15, -0.1) is 0 Å². The van der Waals surface area contributed by atoms with Crippen LogP contribution in [0.4, 0.5) is 13.2 Å². The number of ketones is 1. The topological polar surface area (TPSA) is 65.5 Å². The number of nitrogens with zero attached hydrogens (tertiary/aromatic N) is 1. The highest BCUT2D eigenvalue weighted by Crippen LogP contribution is 2.28. The number of ether oxygens (including phenoxy) is 2. The molecule has 0 aliphatic rings. The van der Waals surface area contributed by atoms with Gasteiger partial charge in [0, 0.05) is 7.11 Å². The zero-order valence-electron chi connectivity index (χ0n) is 10.8. The number of Topliss-reactive ketones (excluding diaryl/α,β-unsaturated/α-hetero) is 1. The number of aromatic nitrogens is 1. The molecule has 1 aromatic heterocycles. The van der Waals surface area contributed by atoms with Gasteiger partial charge in [-0.25, -0.2) is 9.78 Å². The molecule has 1 aromatic rings. The lowest BCUT2D eigenvalue weighted by Gasteiger charge is -2.11. The van der Waals surface area contributed by atoms with Gasteiger partial charge in [-0.3, -0.25) is 4.79 Å². The molecule has 0 saturated heterocycles. The number of esters is 1. The molecule has 0 radical (unpaired) electrons. The number of hydrogen-bond acceptors (Lipinski definition) is 5. The molecule has 0 aromatic carbocycles. The average molecular weight is 291 g/mol. The first-order chi connectivity index (χ1) is 9.31. The average Bonchev–Trinajstić information content (AvgIpc) is 2.37. The molecule has 1 heterocycles. The van der Waals surface area contributed by atoms with Gasteiger partial charge in [-0.1, -0.05) is 0 Å². The van der Waals surface area contributed by atoms with Gasteiger partial charge in [0.1, 0.15) is 5.69 Å². The Kier molecular flexibility index (Phi) is 5.20. The van der Waals surface area contributed by atoms with Crippen LogP contribution in [0.5, 0.6) is 0 Å². The van der Waals surface area contributed by atoms with Gasteiger partial charge in [-0.2, -0.15) is 13.2 Å². The van der Waals surface area contributed by atoms with E-state index in [1.165, 1.54) is 14.0 Å². The second-order valence-electron chi connectivity index (χ2n) is 3.67. The third kappa shape index (κ3) is 3.77. The molecule has 5 nitrogen and oxygen atoms in total. The number of alkyl halides is 3. The molecule has 0 aliphatic heterocycles. The summed E-state index contributed by atoms with van der Waals surface area (Å²) >= 11 is 0. The smallest absolute Gasteiger partial charge is 0.433 e. The molecule has 0 saturated carbocycles. The highest BCUT2D eigenvalue weighted by atomic mass is 19.4. The first kappa shape index (κ1) is 16.1. The molecule has 0 bridgehead atoms.